The summed E-state index contributed by atoms with van der Waals surface area (Å²) in [6.07, 6.45) is 0.990. The normalized spacial score (nSPS) is 10.3. The highest BCUT2D eigenvalue weighted by Gasteiger charge is 2.06. The molecule has 2 aromatic rings. The molecule has 0 heterocycles. The molecule has 0 saturated carbocycles. The van der Waals surface area contributed by atoms with E-state index in [9.17, 15) is 4.39 Å². The SMILES string of the molecule is CCOCCCNCc1ccc(OCc2ccc(F)cc2)c(OC)c1.Cl. The zero-order chi connectivity index (χ0) is 17.9. The highest BCUT2D eigenvalue weighted by atomic mass is 35.5. The zero-order valence-corrected chi connectivity index (χ0v) is 16.1. The first kappa shape index (κ1) is 22.2. The fraction of sp³-hybridized carbons (Fsp3) is 0.400. The average Bonchev–Trinajstić information content (AvgIpc) is 2.64. The Balaban J connectivity index is 0.00000338. The van der Waals surface area contributed by atoms with Gasteiger partial charge in [0.2, 0.25) is 0 Å². The van der Waals surface area contributed by atoms with Gasteiger partial charge in [-0.25, -0.2) is 4.39 Å². The number of ether oxygens (including phenoxy) is 3. The monoisotopic (exact) mass is 383 g/mol. The summed E-state index contributed by atoms with van der Waals surface area (Å²) in [4.78, 5) is 0. The minimum absolute atomic E-state index is 0. The Morgan fingerprint density at radius 1 is 1.00 bits per heavy atom. The fourth-order valence-corrected chi connectivity index (χ4v) is 2.36. The van der Waals surface area contributed by atoms with Crippen LogP contribution in [-0.2, 0) is 17.9 Å². The van der Waals surface area contributed by atoms with Crippen LogP contribution >= 0.6 is 12.4 Å². The molecule has 0 saturated heterocycles. The maximum absolute atomic E-state index is 12.9. The third-order valence-corrected chi connectivity index (χ3v) is 3.71. The molecule has 144 valence electrons. The van der Waals surface area contributed by atoms with Gasteiger partial charge in [-0.1, -0.05) is 18.2 Å². The van der Waals surface area contributed by atoms with Crippen molar-refractivity contribution in [1.29, 1.82) is 0 Å². The lowest BCUT2D eigenvalue weighted by atomic mass is 10.2. The highest BCUT2D eigenvalue weighted by Crippen LogP contribution is 2.28. The second-order valence-corrected chi connectivity index (χ2v) is 5.63. The molecule has 0 bridgehead atoms. The second-order valence-electron chi connectivity index (χ2n) is 5.63. The number of rotatable bonds is 11. The fourth-order valence-electron chi connectivity index (χ4n) is 2.36. The van der Waals surface area contributed by atoms with Gasteiger partial charge >= 0.3 is 0 Å². The van der Waals surface area contributed by atoms with Crippen molar-refractivity contribution in [2.75, 3.05) is 26.9 Å². The van der Waals surface area contributed by atoms with E-state index in [1.165, 1.54) is 12.1 Å². The largest absolute Gasteiger partial charge is 0.493 e. The van der Waals surface area contributed by atoms with Crippen LogP contribution in [0, 0.1) is 5.82 Å². The maximum Gasteiger partial charge on any atom is 0.161 e. The zero-order valence-electron chi connectivity index (χ0n) is 15.3. The minimum atomic E-state index is -0.251. The third-order valence-electron chi connectivity index (χ3n) is 3.71. The Bertz CT molecular complexity index is 637. The van der Waals surface area contributed by atoms with Crippen LogP contribution in [-0.4, -0.2) is 26.9 Å². The molecule has 0 aliphatic heterocycles. The van der Waals surface area contributed by atoms with Gasteiger partial charge in [-0.15, -0.1) is 12.4 Å². The Kier molecular flexibility index (Phi) is 10.7. The van der Waals surface area contributed by atoms with Crippen molar-refractivity contribution in [1.82, 2.24) is 5.32 Å². The van der Waals surface area contributed by atoms with E-state index in [0.717, 1.165) is 43.9 Å². The van der Waals surface area contributed by atoms with Crippen molar-refractivity contribution in [2.45, 2.75) is 26.5 Å². The summed E-state index contributed by atoms with van der Waals surface area (Å²) >= 11 is 0. The lowest BCUT2D eigenvalue weighted by molar-refractivity contribution is 0.144. The summed E-state index contributed by atoms with van der Waals surface area (Å²) in [5.41, 5.74) is 2.03. The van der Waals surface area contributed by atoms with Gasteiger partial charge in [0.25, 0.3) is 0 Å². The molecule has 0 radical (unpaired) electrons. The Morgan fingerprint density at radius 3 is 2.42 bits per heavy atom. The van der Waals surface area contributed by atoms with Crippen LogP contribution in [0.1, 0.15) is 24.5 Å². The Labute approximate surface area is 161 Å². The van der Waals surface area contributed by atoms with E-state index in [4.69, 9.17) is 14.2 Å². The van der Waals surface area contributed by atoms with Crippen LogP contribution in [0.25, 0.3) is 0 Å². The van der Waals surface area contributed by atoms with Crippen molar-refractivity contribution in [3.63, 3.8) is 0 Å². The third kappa shape index (κ3) is 7.60. The van der Waals surface area contributed by atoms with Gasteiger partial charge in [-0.3, -0.25) is 0 Å². The minimum Gasteiger partial charge on any atom is -0.493 e. The van der Waals surface area contributed by atoms with Gasteiger partial charge in [0.1, 0.15) is 12.4 Å². The number of hydrogen-bond acceptors (Lipinski definition) is 4. The molecule has 0 aliphatic carbocycles. The molecule has 4 nitrogen and oxygen atoms in total. The number of nitrogens with one attached hydrogen (secondary N) is 1. The molecule has 0 spiro atoms. The van der Waals surface area contributed by atoms with Crippen LogP contribution in [0.5, 0.6) is 11.5 Å². The molecule has 1 N–H and O–H groups in total. The number of benzene rings is 2. The molecule has 0 amide bonds. The molecular weight excluding hydrogens is 357 g/mol. The van der Waals surface area contributed by atoms with E-state index in [0.29, 0.717) is 18.1 Å². The van der Waals surface area contributed by atoms with Crippen molar-refractivity contribution >= 4 is 12.4 Å². The van der Waals surface area contributed by atoms with E-state index in [1.807, 2.05) is 25.1 Å². The quantitative estimate of drug-likeness (QED) is 0.585. The van der Waals surface area contributed by atoms with Gasteiger partial charge in [-0.2, -0.15) is 0 Å². The van der Waals surface area contributed by atoms with Crippen molar-refractivity contribution in [3.05, 3.63) is 59.4 Å². The second kappa shape index (κ2) is 12.5. The summed E-state index contributed by atoms with van der Waals surface area (Å²) in [5.74, 6) is 1.11. The van der Waals surface area contributed by atoms with Gasteiger partial charge < -0.3 is 19.5 Å². The molecule has 26 heavy (non-hydrogen) atoms. The number of methoxy groups -OCH3 is 1. The molecule has 2 rings (SSSR count). The smallest absolute Gasteiger partial charge is 0.161 e. The van der Waals surface area contributed by atoms with Gasteiger partial charge in [0.15, 0.2) is 11.5 Å². The predicted octanol–water partition coefficient (Wildman–Crippen LogP) is 4.35. The Morgan fingerprint density at radius 2 is 1.73 bits per heavy atom. The molecule has 0 aromatic heterocycles. The topological polar surface area (TPSA) is 39.7 Å². The molecular formula is C20H27ClFNO3. The van der Waals surface area contributed by atoms with Crippen LogP contribution in [0.15, 0.2) is 42.5 Å². The standard InChI is InChI=1S/C20H26FNO3.ClH/c1-3-24-12-4-11-22-14-17-7-10-19(20(13-17)23-2)25-15-16-5-8-18(21)9-6-16;/h5-10,13,22H,3-4,11-12,14-15H2,1-2H3;1H. The van der Waals surface area contributed by atoms with E-state index in [1.54, 1.807) is 19.2 Å². The highest BCUT2D eigenvalue weighted by molar-refractivity contribution is 5.85. The average molecular weight is 384 g/mol. The van der Waals surface area contributed by atoms with Crippen LogP contribution in [0.4, 0.5) is 4.39 Å². The van der Waals surface area contributed by atoms with E-state index >= 15 is 0 Å². The molecule has 0 unspecified atom stereocenters. The summed E-state index contributed by atoms with van der Waals surface area (Å²) in [5, 5.41) is 3.38. The summed E-state index contributed by atoms with van der Waals surface area (Å²) in [7, 11) is 1.62. The van der Waals surface area contributed by atoms with Crippen molar-refractivity contribution in [3.8, 4) is 11.5 Å². The summed E-state index contributed by atoms with van der Waals surface area (Å²) in [6.45, 7) is 5.58. The van der Waals surface area contributed by atoms with E-state index in [-0.39, 0.29) is 18.2 Å². The first-order chi connectivity index (χ1) is 12.2. The summed E-state index contributed by atoms with van der Waals surface area (Å²) in [6, 6.07) is 12.2. The van der Waals surface area contributed by atoms with Crippen LogP contribution in [0.3, 0.4) is 0 Å². The predicted molar refractivity (Wildman–Crippen MR) is 104 cm³/mol. The van der Waals surface area contributed by atoms with E-state index < -0.39 is 0 Å². The molecule has 2 aromatic carbocycles. The van der Waals surface area contributed by atoms with E-state index in [2.05, 4.69) is 5.32 Å². The Hall–Kier alpha value is -1.82. The van der Waals surface area contributed by atoms with Crippen molar-refractivity contribution < 1.29 is 18.6 Å². The van der Waals surface area contributed by atoms with Crippen LogP contribution < -0.4 is 14.8 Å². The van der Waals surface area contributed by atoms with Gasteiger partial charge in [0, 0.05) is 19.8 Å². The first-order valence-electron chi connectivity index (χ1n) is 8.55. The lowest BCUT2D eigenvalue weighted by Gasteiger charge is -2.13. The first-order valence-corrected chi connectivity index (χ1v) is 8.55. The maximum atomic E-state index is 12.9. The molecule has 6 heteroatoms. The molecule has 0 fully saturated rings. The number of hydrogen-bond donors (Lipinski definition) is 1. The summed E-state index contributed by atoms with van der Waals surface area (Å²) < 4.78 is 29.5. The van der Waals surface area contributed by atoms with Crippen molar-refractivity contribution in [2.24, 2.45) is 0 Å². The molecule has 0 atom stereocenters. The molecule has 0 aliphatic rings. The van der Waals surface area contributed by atoms with Crippen LogP contribution in [0.2, 0.25) is 0 Å². The lowest BCUT2D eigenvalue weighted by Crippen LogP contribution is -2.16. The van der Waals surface area contributed by atoms with Gasteiger partial charge in [0.05, 0.1) is 7.11 Å². The van der Waals surface area contributed by atoms with Gasteiger partial charge in [-0.05, 0) is 55.3 Å². The number of halogens is 2.